The zero-order valence-electron chi connectivity index (χ0n) is 18.2. The van der Waals surface area contributed by atoms with E-state index in [1.54, 1.807) is 54.6 Å². The fraction of sp³-hybridized carbons (Fsp3) is 0.172. The van der Waals surface area contributed by atoms with Crippen LogP contribution in [0.1, 0.15) is 12.0 Å². The summed E-state index contributed by atoms with van der Waals surface area (Å²) in [5.41, 5.74) is 1.03. The molecule has 3 aromatic carbocycles. The summed E-state index contributed by atoms with van der Waals surface area (Å²) in [6, 6.07) is 27.7. The van der Waals surface area contributed by atoms with E-state index in [1.165, 1.54) is 0 Å². The van der Waals surface area contributed by atoms with Gasteiger partial charge in [0.05, 0.1) is 11.8 Å². The number of rotatable bonds is 7. The van der Waals surface area contributed by atoms with Gasteiger partial charge in [-0.05, 0) is 48.1 Å². The van der Waals surface area contributed by atoms with Crippen molar-refractivity contribution < 1.29 is 19.1 Å². The number of benzene rings is 3. The maximum absolute atomic E-state index is 13.4. The number of allylic oxidation sites excluding steroid dienone is 2. The number of carbonyl (C=O) groups is 2. The molecule has 0 radical (unpaired) electrons. The highest BCUT2D eigenvalue weighted by Gasteiger charge is 2.50. The lowest BCUT2D eigenvalue weighted by Crippen LogP contribution is -2.36. The van der Waals surface area contributed by atoms with Gasteiger partial charge in [0, 0.05) is 0 Å². The summed E-state index contributed by atoms with van der Waals surface area (Å²) in [5.74, 6) is -1.78. The Hall–Kier alpha value is -3.92. The quantitative estimate of drug-likeness (QED) is 0.259. The third-order valence-corrected chi connectivity index (χ3v) is 5.96. The van der Waals surface area contributed by atoms with Crippen molar-refractivity contribution >= 4 is 18.0 Å². The number of esters is 2. The van der Waals surface area contributed by atoms with Crippen LogP contribution in [0.15, 0.2) is 110 Å². The summed E-state index contributed by atoms with van der Waals surface area (Å²) in [6.07, 6.45) is 6.34. The van der Waals surface area contributed by atoms with Crippen LogP contribution in [0.25, 0.3) is 6.08 Å². The number of ether oxygens (including phenoxy) is 2. The van der Waals surface area contributed by atoms with E-state index in [2.05, 4.69) is 6.58 Å². The largest absolute Gasteiger partial charge is 0.426 e. The van der Waals surface area contributed by atoms with Crippen LogP contribution < -0.4 is 9.47 Å². The average Bonchev–Trinajstić information content (AvgIpc) is 3.24. The molecule has 0 heterocycles. The third kappa shape index (κ3) is 5.47. The molecule has 0 amide bonds. The lowest BCUT2D eigenvalue weighted by atomic mass is 9.86. The Kier molecular flexibility index (Phi) is 7.16. The molecule has 4 atom stereocenters. The minimum Gasteiger partial charge on any atom is -0.426 e. The van der Waals surface area contributed by atoms with Crippen molar-refractivity contribution in [2.75, 3.05) is 0 Å². The lowest BCUT2D eigenvalue weighted by Gasteiger charge is -2.22. The van der Waals surface area contributed by atoms with Gasteiger partial charge in [-0.2, -0.15) is 0 Å². The molecule has 0 aliphatic heterocycles. The van der Waals surface area contributed by atoms with Crippen molar-refractivity contribution in [2.45, 2.75) is 6.42 Å². The topological polar surface area (TPSA) is 52.6 Å². The maximum Gasteiger partial charge on any atom is 0.315 e. The van der Waals surface area contributed by atoms with E-state index in [0.717, 1.165) is 5.56 Å². The molecule has 3 aromatic rings. The SMILES string of the molecule is C=CC1CC(/C=C/c2ccccc2)C(C(=O)Oc2ccccc2)C1C(=O)Oc1ccccc1. The lowest BCUT2D eigenvalue weighted by molar-refractivity contribution is -0.150. The van der Waals surface area contributed by atoms with Crippen molar-refractivity contribution in [3.05, 3.63) is 115 Å². The van der Waals surface area contributed by atoms with Crippen molar-refractivity contribution in [1.82, 2.24) is 0 Å². The summed E-state index contributed by atoms with van der Waals surface area (Å²) in [6.45, 7) is 3.93. The van der Waals surface area contributed by atoms with E-state index in [0.29, 0.717) is 17.9 Å². The number of hydrogen-bond donors (Lipinski definition) is 0. The normalized spacial score (nSPS) is 22.1. The summed E-state index contributed by atoms with van der Waals surface area (Å²) < 4.78 is 11.3. The van der Waals surface area contributed by atoms with Crippen molar-refractivity contribution in [3.63, 3.8) is 0 Å². The zero-order valence-corrected chi connectivity index (χ0v) is 18.2. The highest BCUT2D eigenvalue weighted by atomic mass is 16.5. The Morgan fingerprint density at radius 1 is 0.697 bits per heavy atom. The molecule has 0 bridgehead atoms. The standard InChI is InChI=1S/C29H26O4/c1-2-22-20-23(19-18-21-12-6-3-7-13-21)27(29(31)33-25-16-10-5-11-17-25)26(22)28(30)32-24-14-8-4-9-15-24/h2-19,22-23,26-27H,1,20H2/b19-18+. The van der Waals surface area contributed by atoms with Gasteiger partial charge in [0.25, 0.3) is 0 Å². The van der Waals surface area contributed by atoms with Gasteiger partial charge < -0.3 is 9.47 Å². The molecule has 4 nitrogen and oxygen atoms in total. The van der Waals surface area contributed by atoms with E-state index in [4.69, 9.17) is 9.47 Å². The molecule has 4 heteroatoms. The van der Waals surface area contributed by atoms with E-state index >= 15 is 0 Å². The van der Waals surface area contributed by atoms with E-state index in [1.807, 2.05) is 54.6 Å². The fourth-order valence-corrected chi connectivity index (χ4v) is 4.37. The molecule has 1 saturated carbocycles. The molecule has 4 unspecified atom stereocenters. The molecule has 4 rings (SSSR count). The summed E-state index contributed by atoms with van der Waals surface area (Å²) >= 11 is 0. The minimum atomic E-state index is -0.690. The van der Waals surface area contributed by atoms with Crippen LogP contribution in [0.5, 0.6) is 11.5 Å². The van der Waals surface area contributed by atoms with Crippen molar-refractivity contribution in [1.29, 1.82) is 0 Å². The van der Waals surface area contributed by atoms with Crippen LogP contribution in [0.2, 0.25) is 0 Å². The monoisotopic (exact) mass is 438 g/mol. The second-order valence-electron chi connectivity index (χ2n) is 8.09. The Balaban J connectivity index is 1.63. The van der Waals surface area contributed by atoms with Gasteiger partial charge in [0.2, 0.25) is 0 Å². The molecule has 33 heavy (non-hydrogen) atoms. The molecule has 0 saturated heterocycles. The second kappa shape index (κ2) is 10.6. The van der Waals surface area contributed by atoms with Crippen LogP contribution in [0, 0.1) is 23.7 Å². The van der Waals surface area contributed by atoms with Crippen LogP contribution in [0.4, 0.5) is 0 Å². The number of para-hydroxylation sites is 2. The van der Waals surface area contributed by atoms with E-state index in [9.17, 15) is 9.59 Å². The first kappa shape index (κ1) is 22.3. The summed E-state index contributed by atoms with van der Waals surface area (Å²) in [7, 11) is 0. The third-order valence-electron chi connectivity index (χ3n) is 5.96. The average molecular weight is 439 g/mol. The molecular weight excluding hydrogens is 412 g/mol. The molecule has 0 N–H and O–H groups in total. The number of hydrogen-bond acceptors (Lipinski definition) is 4. The maximum atomic E-state index is 13.4. The summed E-state index contributed by atoms with van der Waals surface area (Å²) in [5, 5.41) is 0. The van der Waals surface area contributed by atoms with Gasteiger partial charge in [-0.3, -0.25) is 9.59 Å². The van der Waals surface area contributed by atoms with Gasteiger partial charge in [0.15, 0.2) is 0 Å². The van der Waals surface area contributed by atoms with Crippen LogP contribution in [-0.4, -0.2) is 11.9 Å². The van der Waals surface area contributed by atoms with Crippen molar-refractivity contribution in [3.8, 4) is 11.5 Å². The first-order valence-corrected chi connectivity index (χ1v) is 11.0. The smallest absolute Gasteiger partial charge is 0.315 e. The molecular formula is C29H26O4. The number of carbonyl (C=O) groups excluding carboxylic acids is 2. The van der Waals surface area contributed by atoms with E-state index in [-0.39, 0.29) is 11.8 Å². The minimum absolute atomic E-state index is 0.197. The Morgan fingerprint density at radius 2 is 1.15 bits per heavy atom. The highest BCUT2D eigenvalue weighted by Crippen LogP contribution is 2.45. The summed E-state index contributed by atoms with van der Waals surface area (Å²) in [4.78, 5) is 26.6. The van der Waals surface area contributed by atoms with Gasteiger partial charge in [-0.15, -0.1) is 6.58 Å². The predicted molar refractivity (Wildman–Crippen MR) is 128 cm³/mol. The van der Waals surface area contributed by atoms with Crippen LogP contribution >= 0.6 is 0 Å². The first-order chi connectivity index (χ1) is 16.2. The fourth-order valence-electron chi connectivity index (χ4n) is 4.37. The van der Waals surface area contributed by atoms with Gasteiger partial charge in [-0.25, -0.2) is 0 Å². The predicted octanol–water partition coefficient (Wildman–Crippen LogP) is 5.97. The Bertz CT molecular complexity index is 1110. The molecule has 0 spiro atoms. The second-order valence-corrected chi connectivity index (χ2v) is 8.09. The van der Waals surface area contributed by atoms with E-state index < -0.39 is 23.8 Å². The molecule has 1 aliphatic carbocycles. The van der Waals surface area contributed by atoms with Crippen LogP contribution in [0.3, 0.4) is 0 Å². The first-order valence-electron chi connectivity index (χ1n) is 11.0. The zero-order chi connectivity index (χ0) is 23.0. The van der Waals surface area contributed by atoms with Crippen LogP contribution in [-0.2, 0) is 9.59 Å². The Labute approximate surface area is 194 Å². The van der Waals surface area contributed by atoms with Crippen molar-refractivity contribution in [2.24, 2.45) is 23.7 Å². The molecule has 166 valence electrons. The Morgan fingerprint density at radius 3 is 1.64 bits per heavy atom. The van der Waals surface area contributed by atoms with Gasteiger partial charge >= 0.3 is 11.9 Å². The van der Waals surface area contributed by atoms with Gasteiger partial charge in [0.1, 0.15) is 11.5 Å². The van der Waals surface area contributed by atoms with Gasteiger partial charge in [-0.1, -0.05) is 85.0 Å². The molecule has 1 aliphatic rings. The highest BCUT2D eigenvalue weighted by molar-refractivity contribution is 5.86. The molecule has 1 fully saturated rings. The molecule has 0 aromatic heterocycles.